The van der Waals surface area contributed by atoms with E-state index >= 15 is 0 Å². The second-order valence-electron chi connectivity index (χ2n) is 7.62. The van der Waals surface area contributed by atoms with Gasteiger partial charge in [0, 0.05) is 44.1 Å². The van der Waals surface area contributed by atoms with E-state index in [1.54, 1.807) is 7.11 Å². The first-order valence-electron chi connectivity index (χ1n) is 9.68. The Labute approximate surface area is 164 Å². The molecule has 148 valence electrons. The molecule has 8 nitrogen and oxygen atoms in total. The van der Waals surface area contributed by atoms with Gasteiger partial charge in [0.25, 0.3) is 0 Å². The van der Waals surface area contributed by atoms with Crippen molar-refractivity contribution in [3.63, 3.8) is 0 Å². The Kier molecular flexibility index (Phi) is 4.89. The van der Waals surface area contributed by atoms with E-state index in [1.165, 1.54) is 0 Å². The molecule has 1 amide bonds. The lowest BCUT2D eigenvalue weighted by Crippen LogP contribution is -2.55. The second kappa shape index (κ2) is 7.35. The summed E-state index contributed by atoms with van der Waals surface area (Å²) in [6.45, 7) is 8.45. The summed E-state index contributed by atoms with van der Waals surface area (Å²) in [5.41, 5.74) is 1.66. The number of aromatic nitrogens is 4. The minimum Gasteiger partial charge on any atom is -0.377 e. The standard InChI is InChI=1S/C20H26N6O2/c1-13(2)19(27)25-10-9-24(11-14(25)3)20-21-16-8-6-5-7-15(16)18-23-22-17(12-28-4)26(18)20/h5-8,13-14H,9-12H2,1-4H3. The van der Waals surface area contributed by atoms with Gasteiger partial charge in [0.1, 0.15) is 6.61 Å². The number of ether oxygens (including phenoxy) is 1. The zero-order valence-electron chi connectivity index (χ0n) is 16.8. The van der Waals surface area contributed by atoms with Crippen molar-refractivity contribution in [3.05, 3.63) is 30.1 Å². The third-order valence-corrected chi connectivity index (χ3v) is 5.26. The molecule has 3 aromatic rings. The fourth-order valence-electron chi connectivity index (χ4n) is 3.85. The van der Waals surface area contributed by atoms with E-state index < -0.39 is 0 Å². The lowest BCUT2D eigenvalue weighted by Gasteiger charge is -2.41. The van der Waals surface area contributed by atoms with Gasteiger partial charge < -0.3 is 14.5 Å². The fourth-order valence-corrected chi connectivity index (χ4v) is 3.85. The minimum atomic E-state index is 0.00524. The van der Waals surface area contributed by atoms with Gasteiger partial charge in [0.15, 0.2) is 11.5 Å². The molecule has 1 saturated heterocycles. The van der Waals surface area contributed by atoms with E-state index in [4.69, 9.17) is 9.72 Å². The van der Waals surface area contributed by atoms with Crippen molar-refractivity contribution >= 4 is 28.4 Å². The Morgan fingerprint density at radius 2 is 2.04 bits per heavy atom. The monoisotopic (exact) mass is 382 g/mol. The van der Waals surface area contributed by atoms with Crippen LogP contribution >= 0.6 is 0 Å². The molecule has 1 unspecified atom stereocenters. The lowest BCUT2D eigenvalue weighted by atomic mass is 10.1. The summed E-state index contributed by atoms with van der Waals surface area (Å²) in [5, 5.41) is 9.70. The molecule has 1 aliphatic heterocycles. The highest BCUT2D eigenvalue weighted by atomic mass is 16.5. The number of benzene rings is 1. The lowest BCUT2D eigenvalue weighted by molar-refractivity contribution is -0.136. The quantitative estimate of drug-likeness (QED) is 0.688. The largest absolute Gasteiger partial charge is 0.377 e. The average molecular weight is 382 g/mol. The first-order valence-corrected chi connectivity index (χ1v) is 9.68. The van der Waals surface area contributed by atoms with Gasteiger partial charge in [0.05, 0.1) is 5.52 Å². The Morgan fingerprint density at radius 3 is 2.75 bits per heavy atom. The van der Waals surface area contributed by atoms with Crippen LogP contribution in [0.1, 0.15) is 26.6 Å². The summed E-state index contributed by atoms with van der Waals surface area (Å²) in [4.78, 5) is 21.6. The summed E-state index contributed by atoms with van der Waals surface area (Å²) in [6, 6.07) is 8.06. The van der Waals surface area contributed by atoms with Crippen molar-refractivity contribution in [3.8, 4) is 0 Å². The highest BCUT2D eigenvalue weighted by Crippen LogP contribution is 2.26. The predicted octanol–water partition coefficient (Wildman–Crippen LogP) is 2.12. The Morgan fingerprint density at radius 1 is 1.25 bits per heavy atom. The molecule has 0 bridgehead atoms. The van der Waals surface area contributed by atoms with E-state index in [1.807, 2.05) is 47.4 Å². The van der Waals surface area contributed by atoms with Crippen molar-refractivity contribution in [1.82, 2.24) is 24.5 Å². The van der Waals surface area contributed by atoms with E-state index in [0.717, 1.165) is 28.3 Å². The summed E-state index contributed by atoms with van der Waals surface area (Å²) in [7, 11) is 1.65. The number of para-hydroxylation sites is 1. The van der Waals surface area contributed by atoms with Crippen LogP contribution in [-0.4, -0.2) is 63.2 Å². The number of piperazine rings is 1. The van der Waals surface area contributed by atoms with Crippen LogP contribution in [0.2, 0.25) is 0 Å². The van der Waals surface area contributed by atoms with Gasteiger partial charge >= 0.3 is 0 Å². The number of anilines is 1. The van der Waals surface area contributed by atoms with Crippen LogP contribution < -0.4 is 4.90 Å². The van der Waals surface area contributed by atoms with Gasteiger partial charge in [-0.2, -0.15) is 0 Å². The molecule has 1 aromatic carbocycles. The maximum atomic E-state index is 12.5. The number of fused-ring (bicyclic) bond motifs is 3. The normalized spacial score (nSPS) is 17.8. The van der Waals surface area contributed by atoms with E-state index in [-0.39, 0.29) is 17.9 Å². The van der Waals surface area contributed by atoms with E-state index in [9.17, 15) is 4.79 Å². The number of carbonyl (C=O) groups excluding carboxylic acids is 1. The topological polar surface area (TPSA) is 75.9 Å². The maximum absolute atomic E-state index is 12.5. The molecular formula is C20H26N6O2. The van der Waals surface area contributed by atoms with Gasteiger partial charge in [0.2, 0.25) is 11.9 Å². The van der Waals surface area contributed by atoms with Crippen molar-refractivity contribution in [2.75, 3.05) is 31.6 Å². The van der Waals surface area contributed by atoms with Crippen LogP contribution in [0.15, 0.2) is 24.3 Å². The van der Waals surface area contributed by atoms with Crippen LogP contribution in [-0.2, 0) is 16.1 Å². The van der Waals surface area contributed by atoms with Crippen LogP contribution in [0.5, 0.6) is 0 Å². The molecule has 0 saturated carbocycles. The first kappa shape index (κ1) is 18.6. The molecule has 28 heavy (non-hydrogen) atoms. The van der Waals surface area contributed by atoms with Gasteiger partial charge in [-0.1, -0.05) is 26.0 Å². The number of rotatable bonds is 4. The number of hydrogen-bond donors (Lipinski definition) is 0. The Balaban J connectivity index is 1.77. The molecule has 0 spiro atoms. The summed E-state index contributed by atoms with van der Waals surface area (Å²) in [5.74, 6) is 1.73. The molecule has 0 radical (unpaired) electrons. The van der Waals surface area contributed by atoms with Crippen molar-refractivity contribution in [2.24, 2.45) is 5.92 Å². The number of carbonyl (C=O) groups is 1. The Bertz CT molecular complexity index is 1010. The van der Waals surface area contributed by atoms with Crippen LogP contribution in [0.25, 0.3) is 16.6 Å². The SMILES string of the molecule is COCc1nnc2c3ccccc3nc(N3CCN(C(=O)C(C)C)C(C)C3)n12. The third kappa shape index (κ3) is 3.07. The van der Waals surface area contributed by atoms with E-state index in [0.29, 0.717) is 26.2 Å². The second-order valence-corrected chi connectivity index (χ2v) is 7.62. The van der Waals surface area contributed by atoms with Crippen LogP contribution in [0, 0.1) is 5.92 Å². The fraction of sp³-hybridized carbons (Fsp3) is 0.500. The van der Waals surface area contributed by atoms with Crippen LogP contribution in [0.3, 0.4) is 0 Å². The van der Waals surface area contributed by atoms with Crippen LogP contribution in [0.4, 0.5) is 5.95 Å². The van der Waals surface area contributed by atoms with Crippen molar-refractivity contribution in [1.29, 1.82) is 0 Å². The summed E-state index contributed by atoms with van der Waals surface area (Å²) in [6.07, 6.45) is 0. The zero-order chi connectivity index (χ0) is 19.8. The van der Waals surface area contributed by atoms with E-state index in [2.05, 4.69) is 22.0 Å². The molecule has 2 aromatic heterocycles. The highest BCUT2D eigenvalue weighted by Gasteiger charge is 2.31. The smallest absolute Gasteiger partial charge is 0.225 e. The van der Waals surface area contributed by atoms with Crippen molar-refractivity contribution in [2.45, 2.75) is 33.4 Å². The zero-order valence-corrected chi connectivity index (χ0v) is 16.8. The Hall–Kier alpha value is -2.74. The highest BCUT2D eigenvalue weighted by molar-refractivity contribution is 5.92. The molecule has 1 fully saturated rings. The molecular weight excluding hydrogens is 356 g/mol. The average Bonchev–Trinajstić information content (AvgIpc) is 3.11. The third-order valence-electron chi connectivity index (χ3n) is 5.26. The summed E-state index contributed by atoms with van der Waals surface area (Å²) < 4.78 is 7.31. The molecule has 0 N–H and O–H groups in total. The molecule has 1 aliphatic rings. The number of nitrogens with zero attached hydrogens (tertiary/aromatic N) is 6. The number of amides is 1. The minimum absolute atomic E-state index is 0.00524. The van der Waals surface area contributed by atoms with Gasteiger partial charge in [-0.15, -0.1) is 10.2 Å². The van der Waals surface area contributed by atoms with Crippen molar-refractivity contribution < 1.29 is 9.53 Å². The number of hydrogen-bond acceptors (Lipinski definition) is 6. The van der Waals surface area contributed by atoms with Gasteiger partial charge in [-0.25, -0.2) is 9.38 Å². The molecule has 1 atom stereocenters. The summed E-state index contributed by atoms with van der Waals surface area (Å²) >= 11 is 0. The molecule has 8 heteroatoms. The molecule has 4 rings (SSSR count). The number of methoxy groups -OCH3 is 1. The first-order chi connectivity index (χ1) is 13.5. The molecule has 3 heterocycles. The van der Waals surface area contributed by atoms with Gasteiger partial charge in [-0.3, -0.25) is 4.79 Å². The van der Waals surface area contributed by atoms with Gasteiger partial charge in [-0.05, 0) is 19.1 Å². The predicted molar refractivity (Wildman–Crippen MR) is 107 cm³/mol. The maximum Gasteiger partial charge on any atom is 0.225 e. The molecule has 0 aliphatic carbocycles.